The van der Waals surface area contributed by atoms with E-state index in [0.29, 0.717) is 11.1 Å². The van der Waals surface area contributed by atoms with Crippen molar-refractivity contribution < 1.29 is 24.9 Å². The third kappa shape index (κ3) is 4.37. The Morgan fingerprint density at radius 2 is 2.21 bits per heavy atom. The molecule has 1 rings (SSSR count). The van der Waals surface area contributed by atoms with Gasteiger partial charge in [0.1, 0.15) is 0 Å². The first-order valence-corrected chi connectivity index (χ1v) is 5.50. The molecule has 3 N–H and O–H groups in total. The van der Waals surface area contributed by atoms with Gasteiger partial charge in [0.25, 0.3) is 0 Å². The number of phenols is 1. The van der Waals surface area contributed by atoms with Crippen LogP contribution in [0, 0.1) is 11.8 Å². The molecule has 0 saturated heterocycles. The van der Waals surface area contributed by atoms with Gasteiger partial charge in [0.2, 0.25) is 0 Å². The molecule has 0 spiro atoms. The van der Waals surface area contributed by atoms with E-state index >= 15 is 0 Å². The van der Waals surface area contributed by atoms with Crippen LogP contribution in [0.3, 0.4) is 0 Å². The molecule has 0 radical (unpaired) electrons. The van der Waals surface area contributed by atoms with Crippen molar-refractivity contribution >= 4 is 12.0 Å². The lowest BCUT2D eigenvalue weighted by atomic mass is 10.1. The normalized spacial score (nSPS) is 10.0. The Kier molecular flexibility index (Phi) is 5.45. The third-order valence-electron chi connectivity index (χ3n) is 2.20. The van der Waals surface area contributed by atoms with Crippen LogP contribution in [-0.2, 0) is 4.79 Å². The van der Waals surface area contributed by atoms with Crippen molar-refractivity contribution in [3.05, 3.63) is 29.3 Å². The lowest BCUT2D eigenvalue weighted by Gasteiger charge is -2.06. The topological polar surface area (TPSA) is 87.0 Å². The summed E-state index contributed by atoms with van der Waals surface area (Å²) in [6, 6.07) is 3.05. The van der Waals surface area contributed by atoms with Crippen molar-refractivity contribution in [2.45, 2.75) is 6.42 Å². The summed E-state index contributed by atoms with van der Waals surface area (Å²) in [5.41, 5.74) is 0.864. The number of aliphatic hydroxyl groups excluding tert-OH is 1. The van der Waals surface area contributed by atoms with E-state index in [1.807, 2.05) is 0 Å². The van der Waals surface area contributed by atoms with Crippen LogP contribution >= 0.6 is 0 Å². The minimum absolute atomic E-state index is 0.0660. The minimum Gasteiger partial charge on any atom is -0.503 e. The maximum Gasteiger partial charge on any atom is 0.328 e. The van der Waals surface area contributed by atoms with E-state index in [9.17, 15) is 9.90 Å². The molecule has 0 aliphatic carbocycles. The molecule has 0 saturated carbocycles. The van der Waals surface area contributed by atoms with Gasteiger partial charge in [-0.15, -0.1) is 0 Å². The minimum atomic E-state index is -1.07. The molecular weight excluding hydrogens is 248 g/mol. The van der Waals surface area contributed by atoms with Gasteiger partial charge in [0, 0.05) is 12.5 Å². The fourth-order valence-corrected chi connectivity index (χ4v) is 1.36. The molecule has 0 heterocycles. The predicted molar refractivity (Wildman–Crippen MR) is 69.9 cm³/mol. The molecule has 19 heavy (non-hydrogen) atoms. The number of aliphatic carboxylic acids is 1. The number of carbonyl (C=O) groups is 1. The van der Waals surface area contributed by atoms with Gasteiger partial charge in [-0.25, -0.2) is 4.79 Å². The lowest BCUT2D eigenvalue weighted by molar-refractivity contribution is -0.131. The molecule has 0 aliphatic rings. The molecule has 0 aliphatic heterocycles. The first kappa shape index (κ1) is 14.6. The van der Waals surface area contributed by atoms with Gasteiger partial charge in [-0.1, -0.05) is 11.8 Å². The van der Waals surface area contributed by atoms with Crippen LogP contribution in [0.5, 0.6) is 11.5 Å². The smallest absolute Gasteiger partial charge is 0.328 e. The standard InChI is InChI=1S/C14H14O5/c1-19-12-9-10(5-6-13(16)17)8-11(14(12)18)4-2-3-7-15/h5-6,8-9,15,18H,3,7H2,1H3,(H,16,17). The molecule has 0 bridgehead atoms. The molecule has 0 aromatic heterocycles. The van der Waals surface area contributed by atoms with Crippen LogP contribution in [0.15, 0.2) is 18.2 Å². The number of carboxylic acid groups (broad SMARTS) is 1. The van der Waals surface area contributed by atoms with E-state index in [4.69, 9.17) is 14.9 Å². The molecule has 1 aromatic rings. The number of rotatable bonds is 4. The fourth-order valence-electron chi connectivity index (χ4n) is 1.36. The van der Waals surface area contributed by atoms with Gasteiger partial charge < -0.3 is 20.1 Å². The number of phenolic OH excluding ortho intramolecular Hbond substituents is 1. The Morgan fingerprint density at radius 1 is 1.47 bits per heavy atom. The highest BCUT2D eigenvalue weighted by atomic mass is 16.5. The van der Waals surface area contributed by atoms with E-state index < -0.39 is 5.97 Å². The molecule has 0 amide bonds. The Labute approximate surface area is 110 Å². The monoisotopic (exact) mass is 262 g/mol. The summed E-state index contributed by atoms with van der Waals surface area (Å²) in [6.07, 6.45) is 2.65. The SMILES string of the molecule is COc1cc(C=CC(=O)O)cc(C#CCCO)c1O. The molecule has 100 valence electrons. The summed E-state index contributed by atoms with van der Waals surface area (Å²) < 4.78 is 4.99. The largest absolute Gasteiger partial charge is 0.503 e. The molecular formula is C14H14O5. The summed E-state index contributed by atoms with van der Waals surface area (Å²) in [5, 5.41) is 27.1. The quantitative estimate of drug-likeness (QED) is 0.561. The number of hydrogen-bond donors (Lipinski definition) is 3. The second-order valence-electron chi connectivity index (χ2n) is 3.57. The van der Waals surface area contributed by atoms with Gasteiger partial charge in [-0.3, -0.25) is 0 Å². The van der Waals surface area contributed by atoms with Gasteiger partial charge in [0.15, 0.2) is 11.5 Å². The maximum atomic E-state index is 10.5. The zero-order valence-corrected chi connectivity index (χ0v) is 10.4. The number of methoxy groups -OCH3 is 1. The van der Waals surface area contributed by atoms with Crippen LogP contribution in [0.1, 0.15) is 17.5 Å². The van der Waals surface area contributed by atoms with Gasteiger partial charge in [0.05, 0.1) is 19.3 Å². The summed E-state index contributed by atoms with van der Waals surface area (Å²) in [7, 11) is 1.39. The summed E-state index contributed by atoms with van der Waals surface area (Å²) in [5.74, 6) is 4.40. The Morgan fingerprint density at radius 3 is 2.79 bits per heavy atom. The second-order valence-corrected chi connectivity index (χ2v) is 3.57. The molecule has 5 nitrogen and oxygen atoms in total. The van der Waals surface area contributed by atoms with Crippen LogP contribution < -0.4 is 4.74 Å². The van der Waals surface area contributed by atoms with Gasteiger partial charge in [-0.05, 0) is 23.8 Å². The summed E-state index contributed by atoms with van der Waals surface area (Å²) in [4.78, 5) is 10.5. The number of carboxylic acids is 1. The van der Waals surface area contributed by atoms with E-state index in [-0.39, 0.29) is 24.5 Å². The number of hydrogen-bond acceptors (Lipinski definition) is 4. The predicted octanol–water partition coefficient (Wildman–Crippen LogP) is 1.23. The van der Waals surface area contributed by atoms with Crippen LogP contribution in [0.25, 0.3) is 6.08 Å². The van der Waals surface area contributed by atoms with Crippen molar-refractivity contribution in [1.29, 1.82) is 0 Å². The van der Waals surface area contributed by atoms with E-state index in [1.54, 1.807) is 6.07 Å². The average molecular weight is 262 g/mol. The molecule has 0 unspecified atom stereocenters. The zero-order valence-electron chi connectivity index (χ0n) is 10.4. The third-order valence-corrected chi connectivity index (χ3v) is 2.20. The number of aromatic hydroxyl groups is 1. The molecule has 1 aromatic carbocycles. The summed E-state index contributed by atoms with van der Waals surface area (Å²) in [6.45, 7) is -0.0660. The van der Waals surface area contributed by atoms with E-state index in [0.717, 1.165) is 6.08 Å². The number of aliphatic hydroxyl groups is 1. The molecule has 0 fully saturated rings. The molecule has 0 atom stereocenters. The van der Waals surface area contributed by atoms with Gasteiger partial charge >= 0.3 is 5.97 Å². The maximum absolute atomic E-state index is 10.5. The Balaban J connectivity index is 3.19. The number of benzene rings is 1. The first-order valence-electron chi connectivity index (χ1n) is 5.50. The summed E-state index contributed by atoms with van der Waals surface area (Å²) >= 11 is 0. The van der Waals surface area contributed by atoms with Crippen LogP contribution in [0.4, 0.5) is 0 Å². The fraction of sp³-hybridized carbons (Fsp3) is 0.214. The Hall–Kier alpha value is -2.45. The van der Waals surface area contributed by atoms with Crippen molar-refractivity contribution in [1.82, 2.24) is 0 Å². The van der Waals surface area contributed by atoms with Crippen molar-refractivity contribution in [2.24, 2.45) is 0 Å². The lowest BCUT2D eigenvalue weighted by Crippen LogP contribution is -1.90. The number of ether oxygens (including phenoxy) is 1. The average Bonchev–Trinajstić information content (AvgIpc) is 2.39. The molecule has 5 heteroatoms. The van der Waals surface area contributed by atoms with Gasteiger partial charge in [-0.2, -0.15) is 0 Å². The van der Waals surface area contributed by atoms with Crippen molar-refractivity contribution in [2.75, 3.05) is 13.7 Å². The van der Waals surface area contributed by atoms with E-state index in [1.165, 1.54) is 19.3 Å². The highest BCUT2D eigenvalue weighted by Gasteiger charge is 2.08. The highest BCUT2D eigenvalue weighted by Crippen LogP contribution is 2.31. The van der Waals surface area contributed by atoms with Crippen LogP contribution in [-0.4, -0.2) is 35.0 Å². The first-order chi connectivity index (χ1) is 9.08. The second kappa shape index (κ2) is 7.09. The van der Waals surface area contributed by atoms with Crippen molar-refractivity contribution in [3.8, 4) is 23.3 Å². The Bertz CT molecular complexity index is 549. The van der Waals surface area contributed by atoms with Crippen LogP contribution in [0.2, 0.25) is 0 Å². The zero-order chi connectivity index (χ0) is 14.3. The van der Waals surface area contributed by atoms with E-state index in [2.05, 4.69) is 11.8 Å². The van der Waals surface area contributed by atoms with Crippen molar-refractivity contribution in [3.63, 3.8) is 0 Å². The highest BCUT2D eigenvalue weighted by molar-refractivity contribution is 5.85.